The van der Waals surface area contributed by atoms with Crippen LogP contribution in [0.3, 0.4) is 0 Å². The average molecular weight is 375 g/mol. The standard InChI is InChI=1S/C20H19ClO3S/c1-3-5-14-24-17-10-12-18(13-11-17)25-20(4-2,19(22)23)15-6-8-16(21)9-7-15/h6-13H,4,14H2,1-2H3,(H,22,23). The number of carboxylic acids is 1. The fourth-order valence-corrected chi connectivity index (χ4v) is 3.66. The zero-order valence-corrected chi connectivity index (χ0v) is 15.7. The molecule has 0 bridgehead atoms. The Morgan fingerprint density at radius 3 is 2.36 bits per heavy atom. The van der Waals surface area contributed by atoms with E-state index in [2.05, 4.69) is 11.8 Å². The van der Waals surface area contributed by atoms with E-state index < -0.39 is 10.7 Å². The maximum absolute atomic E-state index is 12.1. The maximum Gasteiger partial charge on any atom is 0.324 e. The van der Waals surface area contributed by atoms with Crippen LogP contribution in [0.25, 0.3) is 0 Å². The molecule has 0 aromatic heterocycles. The highest BCUT2D eigenvalue weighted by molar-refractivity contribution is 8.01. The topological polar surface area (TPSA) is 46.5 Å². The SMILES string of the molecule is CC#CCOc1ccc(SC(CC)(C(=O)O)c2ccc(Cl)cc2)cc1. The van der Waals surface area contributed by atoms with Gasteiger partial charge in [0.2, 0.25) is 0 Å². The number of carbonyl (C=O) groups is 1. The fourth-order valence-electron chi connectivity index (χ4n) is 2.37. The lowest BCUT2D eigenvalue weighted by Gasteiger charge is -2.28. The average Bonchev–Trinajstić information content (AvgIpc) is 2.62. The number of hydrogen-bond acceptors (Lipinski definition) is 3. The Kier molecular flexibility index (Phi) is 6.81. The van der Waals surface area contributed by atoms with E-state index in [1.807, 2.05) is 31.2 Å². The van der Waals surface area contributed by atoms with Crippen LogP contribution in [0.4, 0.5) is 0 Å². The molecule has 0 radical (unpaired) electrons. The first kappa shape index (κ1) is 19.2. The highest BCUT2D eigenvalue weighted by Crippen LogP contribution is 2.45. The second-order valence-electron chi connectivity index (χ2n) is 5.28. The van der Waals surface area contributed by atoms with E-state index in [-0.39, 0.29) is 0 Å². The normalized spacial score (nSPS) is 12.6. The van der Waals surface area contributed by atoms with Crippen molar-refractivity contribution in [1.29, 1.82) is 0 Å². The molecular weight excluding hydrogens is 356 g/mol. The van der Waals surface area contributed by atoms with E-state index in [1.54, 1.807) is 31.2 Å². The number of thioether (sulfide) groups is 1. The molecule has 3 nitrogen and oxygen atoms in total. The highest BCUT2D eigenvalue weighted by atomic mass is 35.5. The zero-order chi connectivity index (χ0) is 18.3. The van der Waals surface area contributed by atoms with Gasteiger partial charge in [0, 0.05) is 9.92 Å². The molecule has 2 aromatic carbocycles. The van der Waals surface area contributed by atoms with Crippen molar-refractivity contribution in [3.8, 4) is 17.6 Å². The Morgan fingerprint density at radius 2 is 1.84 bits per heavy atom. The van der Waals surface area contributed by atoms with Gasteiger partial charge in [-0.15, -0.1) is 17.7 Å². The van der Waals surface area contributed by atoms with Crippen molar-refractivity contribution in [2.75, 3.05) is 6.61 Å². The molecule has 1 N–H and O–H groups in total. The zero-order valence-electron chi connectivity index (χ0n) is 14.1. The Balaban J connectivity index is 2.26. The largest absolute Gasteiger partial charge is 0.481 e. The van der Waals surface area contributed by atoms with E-state index in [4.69, 9.17) is 16.3 Å². The third-order valence-electron chi connectivity index (χ3n) is 3.76. The number of hydrogen-bond donors (Lipinski definition) is 1. The summed E-state index contributed by atoms with van der Waals surface area (Å²) in [4.78, 5) is 12.9. The van der Waals surface area contributed by atoms with Crippen LogP contribution in [0.1, 0.15) is 25.8 Å². The first-order chi connectivity index (χ1) is 12.0. The summed E-state index contributed by atoms with van der Waals surface area (Å²) in [5.41, 5.74) is 0.718. The van der Waals surface area contributed by atoms with E-state index in [1.165, 1.54) is 11.8 Å². The van der Waals surface area contributed by atoms with Crippen LogP contribution in [0.15, 0.2) is 53.4 Å². The highest BCUT2D eigenvalue weighted by Gasteiger charge is 2.40. The Bertz CT molecular complexity index is 775. The minimum Gasteiger partial charge on any atom is -0.481 e. The molecule has 0 heterocycles. The van der Waals surface area contributed by atoms with Crippen LogP contribution in [0.2, 0.25) is 5.02 Å². The van der Waals surface area contributed by atoms with Crippen LogP contribution in [-0.4, -0.2) is 17.7 Å². The van der Waals surface area contributed by atoms with Crippen LogP contribution < -0.4 is 4.74 Å². The molecule has 0 fully saturated rings. The van der Waals surface area contributed by atoms with Crippen molar-refractivity contribution in [2.45, 2.75) is 29.9 Å². The maximum atomic E-state index is 12.1. The van der Waals surface area contributed by atoms with Gasteiger partial charge in [0.1, 0.15) is 17.1 Å². The summed E-state index contributed by atoms with van der Waals surface area (Å²) in [6, 6.07) is 14.4. The Morgan fingerprint density at radius 1 is 1.20 bits per heavy atom. The molecule has 0 saturated heterocycles. The molecule has 0 aliphatic carbocycles. The van der Waals surface area contributed by atoms with Gasteiger partial charge in [0.15, 0.2) is 0 Å². The summed E-state index contributed by atoms with van der Waals surface area (Å²) < 4.78 is 4.42. The van der Waals surface area contributed by atoms with Crippen LogP contribution in [-0.2, 0) is 9.54 Å². The predicted octanol–water partition coefficient (Wildman–Crippen LogP) is 5.22. The van der Waals surface area contributed by atoms with Gasteiger partial charge < -0.3 is 9.84 Å². The molecule has 2 rings (SSSR count). The van der Waals surface area contributed by atoms with Gasteiger partial charge in [-0.1, -0.05) is 36.6 Å². The number of halogens is 1. The van der Waals surface area contributed by atoms with Crippen molar-refractivity contribution >= 4 is 29.3 Å². The van der Waals surface area contributed by atoms with E-state index >= 15 is 0 Å². The molecule has 130 valence electrons. The molecule has 1 unspecified atom stereocenters. The third-order valence-corrected chi connectivity index (χ3v) is 5.56. The summed E-state index contributed by atoms with van der Waals surface area (Å²) in [5, 5.41) is 10.5. The molecule has 0 spiro atoms. The van der Waals surface area contributed by atoms with Crippen molar-refractivity contribution in [1.82, 2.24) is 0 Å². The number of aliphatic carboxylic acids is 1. The second kappa shape index (κ2) is 8.84. The summed E-state index contributed by atoms with van der Waals surface area (Å²) >= 11 is 7.25. The van der Waals surface area contributed by atoms with Crippen LogP contribution in [0.5, 0.6) is 5.75 Å². The van der Waals surface area contributed by atoms with E-state index in [9.17, 15) is 9.90 Å². The van der Waals surface area contributed by atoms with Crippen molar-refractivity contribution in [2.24, 2.45) is 0 Å². The van der Waals surface area contributed by atoms with Crippen LogP contribution >= 0.6 is 23.4 Å². The first-order valence-electron chi connectivity index (χ1n) is 7.82. The van der Waals surface area contributed by atoms with Gasteiger partial charge in [0.25, 0.3) is 0 Å². The second-order valence-corrected chi connectivity index (χ2v) is 7.09. The molecule has 0 aliphatic rings. The smallest absolute Gasteiger partial charge is 0.324 e. The van der Waals surface area contributed by atoms with Crippen molar-refractivity contribution < 1.29 is 14.6 Å². The van der Waals surface area contributed by atoms with Gasteiger partial charge in [0.05, 0.1) is 0 Å². The number of rotatable bonds is 7. The number of benzene rings is 2. The molecule has 0 aliphatic heterocycles. The third kappa shape index (κ3) is 4.72. The lowest BCUT2D eigenvalue weighted by molar-refractivity contribution is -0.140. The Hall–Kier alpha value is -2.09. The van der Waals surface area contributed by atoms with E-state index in [0.717, 1.165) is 10.5 Å². The summed E-state index contributed by atoms with van der Waals surface area (Å²) in [7, 11) is 0. The molecular formula is C20H19ClO3S. The molecule has 1 atom stereocenters. The lowest BCUT2D eigenvalue weighted by atomic mass is 9.95. The lowest BCUT2D eigenvalue weighted by Crippen LogP contribution is -2.31. The summed E-state index contributed by atoms with van der Waals surface area (Å²) in [6.07, 6.45) is 0.443. The quantitative estimate of drug-likeness (QED) is 0.532. The predicted molar refractivity (Wildman–Crippen MR) is 102 cm³/mol. The summed E-state index contributed by atoms with van der Waals surface area (Å²) in [6.45, 7) is 3.97. The first-order valence-corrected chi connectivity index (χ1v) is 9.02. The van der Waals surface area contributed by atoms with E-state index in [0.29, 0.717) is 23.8 Å². The van der Waals surface area contributed by atoms with Gasteiger partial charge in [-0.2, -0.15) is 0 Å². The molecule has 5 heteroatoms. The van der Waals surface area contributed by atoms with Crippen molar-refractivity contribution in [3.63, 3.8) is 0 Å². The minimum absolute atomic E-state index is 0.335. The minimum atomic E-state index is -1.07. The van der Waals surface area contributed by atoms with Gasteiger partial charge in [-0.05, 0) is 55.3 Å². The Labute approximate surface area is 157 Å². The van der Waals surface area contributed by atoms with Crippen molar-refractivity contribution in [3.05, 3.63) is 59.1 Å². The van der Waals surface area contributed by atoms with Gasteiger partial charge in [-0.25, -0.2) is 0 Å². The molecule has 0 amide bonds. The molecule has 2 aromatic rings. The number of carboxylic acid groups (broad SMARTS) is 1. The molecule has 0 saturated carbocycles. The van der Waals surface area contributed by atoms with Gasteiger partial charge >= 0.3 is 5.97 Å². The molecule has 25 heavy (non-hydrogen) atoms. The van der Waals surface area contributed by atoms with Crippen LogP contribution in [0, 0.1) is 11.8 Å². The van der Waals surface area contributed by atoms with Gasteiger partial charge in [-0.3, -0.25) is 4.79 Å². The monoisotopic (exact) mass is 374 g/mol. The number of ether oxygens (including phenoxy) is 1. The summed E-state index contributed by atoms with van der Waals surface area (Å²) in [5.74, 6) is 5.43. The fraction of sp³-hybridized carbons (Fsp3) is 0.250.